The summed E-state index contributed by atoms with van der Waals surface area (Å²) >= 11 is 0. The molecule has 0 radical (unpaired) electrons. The Kier molecular flexibility index (Phi) is 4.53. The standard InChI is InChI=1S/C17H22N4O/c1-2-19-11-13-20(14-12-19)17(22)16(21-10-6-9-18-21)15-7-4-3-5-8-15/h3-10,16H,2,11-14H2,1H3/t16-/m1/s1. The first-order chi connectivity index (χ1) is 10.8. The summed E-state index contributed by atoms with van der Waals surface area (Å²) in [6.45, 7) is 6.68. The lowest BCUT2D eigenvalue weighted by Gasteiger charge is -2.36. The van der Waals surface area contributed by atoms with Gasteiger partial charge in [0.1, 0.15) is 0 Å². The minimum atomic E-state index is -0.371. The van der Waals surface area contributed by atoms with E-state index in [4.69, 9.17) is 0 Å². The van der Waals surface area contributed by atoms with Gasteiger partial charge in [-0.2, -0.15) is 5.10 Å². The molecular weight excluding hydrogens is 276 g/mol. The van der Waals surface area contributed by atoms with Crippen molar-refractivity contribution in [3.63, 3.8) is 0 Å². The summed E-state index contributed by atoms with van der Waals surface area (Å²) in [5.41, 5.74) is 0.981. The molecule has 5 nitrogen and oxygen atoms in total. The van der Waals surface area contributed by atoms with Crippen molar-refractivity contribution in [1.29, 1.82) is 0 Å². The molecule has 1 saturated heterocycles. The number of carbonyl (C=O) groups excluding carboxylic acids is 1. The zero-order chi connectivity index (χ0) is 15.4. The maximum atomic E-state index is 13.0. The number of carbonyl (C=O) groups is 1. The number of nitrogens with zero attached hydrogens (tertiary/aromatic N) is 4. The van der Waals surface area contributed by atoms with E-state index in [1.807, 2.05) is 47.5 Å². The summed E-state index contributed by atoms with van der Waals surface area (Å²) in [5, 5.41) is 4.30. The number of hydrogen-bond acceptors (Lipinski definition) is 3. The molecule has 0 aliphatic carbocycles. The van der Waals surface area contributed by atoms with Crippen LogP contribution in [-0.2, 0) is 4.79 Å². The van der Waals surface area contributed by atoms with E-state index < -0.39 is 0 Å². The van der Waals surface area contributed by atoms with Crippen LogP contribution in [0.5, 0.6) is 0 Å². The fourth-order valence-electron chi connectivity index (χ4n) is 2.93. The third-order valence-electron chi connectivity index (χ3n) is 4.27. The second kappa shape index (κ2) is 6.75. The number of rotatable bonds is 4. The molecular formula is C17H22N4O. The second-order valence-corrected chi connectivity index (χ2v) is 5.56. The molecule has 0 N–H and O–H groups in total. The molecule has 22 heavy (non-hydrogen) atoms. The Morgan fingerprint density at radius 1 is 1.14 bits per heavy atom. The maximum absolute atomic E-state index is 13.0. The van der Waals surface area contributed by atoms with E-state index in [1.54, 1.807) is 10.9 Å². The highest BCUT2D eigenvalue weighted by Crippen LogP contribution is 2.21. The van der Waals surface area contributed by atoms with Crippen LogP contribution in [0.2, 0.25) is 0 Å². The highest BCUT2D eigenvalue weighted by Gasteiger charge is 2.29. The van der Waals surface area contributed by atoms with Crippen molar-refractivity contribution in [3.05, 3.63) is 54.4 Å². The monoisotopic (exact) mass is 298 g/mol. The van der Waals surface area contributed by atoms with Crippen LogP contribution in [0.15, 0.2) is 48.8 Å². The molecule has 1 atom stereocenters. The predicted octanol–water partition coefficient (Wildman–Crippen LogP) is 1.64. The molecule has 0 saturated carbocycles. The average Bonchev–Trinajstić information content (AvgIpc) is 3.10. The average molecular weight is 298 g/mol. The van der Waals surface area contributed by atoms with Gasteiger partial charge in [0.15, 0.2) is 6.04 Å². The van der Waals surface area contributed by atoms with Gasteiger partial charge >= 0.3 is 0 Å². The zero-order valence-electron chi connectivity index (χ0n) is 12.9. The fraction of sp³-hybridized carbons (Fsp3) is 0.412. The molecule has 1 aliphatic rings. The van der Waals surface area contributed by atoms with E-state index >= 15 is 0 Å². The van der Waals surface area contributed by atoms with Crippen molar-refractivity contribution < 1.29 is 4.79 Å². The zero-order valence-corrected chi connectivity index (χ0v) is 12.9. The van der Waals surface area contributed by atoms with Crippen molar-refractivity contribution in [3.8, 4) is 0 Å². The Labute approximate surface area is 131 Å². The lowest BCUT2D eigenvalue weighted by atomic mass is 10.1. The van der Waals surface area contributed by atoms with Crippen LogP contribution in [0, 0.1) is 0 Å². The van der Waals surface area contributed by atoms with Crippen LogP contribution >= 0.6 is 0 Å². The van der Waals surface area contributed by atoms with Gasteiger partial charge in [0.25, 0.3) is 5.91 Å². The van der Waals surface area contributed by atoms with Gasteiger partial charge in [-0.15, -0.1) is 0 Å². The fourth-order valence-corrected chi connectivity index (χ4v) is 2.93. The van der Waals surface area contributed by atoms with Crippen LogP contribution in [0.1, 0.15) is 18.5 Å². The molecule has 5 heteroatoms. The summed E-state index contributed by atoms with van der Waals surface area (Å²) in [6, 6.07) is 11.4. The number of likely N-dealkylation sites (N-methyl/N-ethyl adjacent to an activating group) is 1. The van der Waals surface area contributed by atoms with Gasteiger partial charge in [0.05, 0.1) is 0 Å². The van der Waals surface area contributed by atoms with Crippen LogP contribution in [-0.4, -0.2) is 58.2 Å². The Hall–Kier alpha value is -2.14. The van der Waals surface area contributed by atoms with Crippen molar-refractivity contribution in [1.82, 2.24) is 19.6 Å². The summed E-state index contributed by atoms with van der Waals surface area (Å²) < 4.78 is 1.75. The van der Waals surface area contributed by atoms with E-state index in [1.165, 1.54) is 0 Å². The number of benzene rings is 1. The molecule has 1 aromatic carbocycles. The van der Waals surface area contributed by atoms with E-state index in [-0.39, 0.29) is 11.9 Å². The second-order valence-electron chi connectivity index (χ2n) is 5.56. The number of piperazine rings is 1. The first-order valence-corrected chi connectivity index (χ1v) is 7.85. The molecule has 0 spiro atoms. The van der Waals surface area contributed by atoms with Gasteiger partial charge < -0.3 is 9.80 Å². The van der Waals surface area contributed by atoms with Gasteiger partial charge in [-0.25, -0.2) is 0 Å². The van der Waals surface area contributed by atoms with Crippen LogP contribution in [0.3, 0.4) is 0 Å². The van der Waals surface area contributed by atoms with Crippen molar-refractivity contribution >= 4 is 5.91 Å². The third-order valence-corrected chi connectivity index (χ3v) is 4.27. The highest BCUT2D eigenvalue weighted by atomic mass is 16.2. The topological polar surface area (TPSA) is 41.4 Å². The molecule has 2 heterocycles. The number of hydrogen-bond donors (Lipinski definition) is 0. The Balaban J connectivity index is 1.82. The molecule has 1 fully saturated rings. The molecule has 116 valence electrons. The highest BCUT2D eigenvalue weighted by molar-refractivity contribution is 5.83. The van der Waals surface area contributed by atoms with Gasteiger partial charge in [-0.3, -0.25) is 9.48 Å². The maximum Gasteiger partial charge on any atom is 0.252 e. The lowest BCUT2D eigenvalue weighted by Crippen LogP contribution is -2.50. The van der Waals surface area contributed by atoms with Crippen molar-refractivity contribution in [2.24, 2.45) is 0 Å². The van der Waals surface area contributed by atoms with E-state index in [0.29, 0.717) is 0 Å². The Bertz CT molecular complexity index is 588. The molecule has 1 amide bonds. The SMILES string of the molecule is CCN1CCN(C(=O)[C@@H](c2ccccc2)n2cccn2)CC1. The quantitative estimate of drug-likeness (QED) is 0.861. The molecule has 2 aromatic rings. The van der Waals surface area contributed by atoms with Crippen LogP contribution in [0.4, 0.5) is 0 Å². The van der Waals surface area contributed by atoms with Crippen LogP contribution < -0.4 is 0 Å². The van der Waals surface area contributed by atoms with Crippen molar-refractivity contribution in [2.45, 2.75) is 13.0 Å². The van der Waals surface area contributed by atoms with E-state index in [9.17, 15) is 4.79 Å². The minimum absolute atomic E-state index is 0.130. The summed E-state index contributed by atoms with van der Waals surface area (Å²) in [5.74, 6) is 0.130. The number of aromatic nitrogens is 2. The predicted molar refractivity (Wildman–Crippen MR) is 85.5 cm³/mol. The first-order valence-electron chi connectivity index (χ1n) is 7.85. The minimum Gasteiger partial charge on any atom is -0.338 e. The normalized spacial score (nSPS) is 17.4. The Morgan fingerprint density at radius 3 is 2.45 bits per heavy atom. The molecule has 1 aromatic heterocycles. The molecule has 1 aliphatic heterocycles. The number of amides is 1. The van der Waals surface area contributed by atoms with Gasteiger partial charge in [-0.05, 0) is 18.2 Å². The van der Waals surface area contributed by atoms with E-state index in [0.717, 1.165) is 38.3 Å². The lowest BCUT2D eigenvalue weighted by molar-refractivity contribution is -0.135. The van der Waals surface area contributed by atoms with E-state index in [2.05, 4.69) is 16.9 Å². The smallest absolute Gasteiger partial charge is 0.252 e. The third kappa shape index (κ3) is 3.04. The molecule has 0 unspecified atom stereocenters. The summed E-state index contributed by atoms with van der Waals surface area (Å²) in [7, 11) is 0. The van der Waals surface area contributed by atoms with Gasteiger partial charge in [-0.1, -0.05) is 37.3 Å². The Morgan fingerprint density at radius 2 is 1.86 bits per heavy atom. The van der Waals surface area contributed by atoms with Crippen molar-refractivity contribution in [2.75, 3.05) is 32.7 Å². The van der Waals surface area contributed by atoms with Gasteiger partial charge in [0.2, 0.25) is 0 Å². The summed E-state index contributed by atoms with van der Waals surface area (Å²) in [4.78, 5) is 17.4. The van der Waals surface area contributed by atoms with Gasteiger partial charge in [0, 0.05) is 38.6 Å². The summed E-state index contributed by atoms with van der Waals surface area (Å²) in [6.07, 6.45) is 3.58. The first kappa shape index (κ1) is 14.8. The molecule has 0 bridgehead atoms. The van der Waals surface area contributed by atoms with Crippen LogP contribution in [0.25, 0.3) is 0 Å². The largest absolute Gasteiger partial charge is 0.338 e. The molecule has 3 rings (SSSR count).